The highest BCUT2D eigenvalue weighted by atomic mass is 16.5. The van der Waals surface area contributed by atoms with E-state index in [1.807, 2.05) is 0 Å². The number of nitriles is 4. The predicted molar refractivity (Wildman–Crippen MR) is 383 cm³/mol. The van der Waals surface area contributed by atoms with E-state index in [1.165, 1.54) is 154 Å². The molecule has 12 heteroatoms. The average molecular weight is 1310 g/mol. The van der Waals surface area contributed by atoms with Crippen molar-refractivity contribution in [2.24, 2.45) is 0 Å². The van der Waals surface area contributed by atoms with Crippen molar-refractivity contribution in [2.45, 2.75) is 308 Å². The van der Waals surface area contributed by atoms with Gasteiger partial charge in [0, 0.05) is 68.2 Å². The van der Waals surface area contributed by atoms with Crippen LogP contribution in [0.3, 0.4) is 0 Å². The van der Waals surface area contributed by atoms with Crippen molar-refractivity contribution in [3.8, 4) is 70.3 Å². The van der Waals surface area contributed by atoms with Gasteiger partial charge >= 0.3 is 0 Å². The minimum absolute atomic E-state index is 0.117. The normalized spacial score (nSPS) is 17.2. The standard InChI is InChI=1S/C84H116N4O8/c1-5-9-13-17-21-25-29-33-37-41-61-65-53-67-62(42-38-34-30-26-22-18-14-10-6-2)69-55-71-64(44-40-36-32-28-24-20-16-12-8-4)72-56-70-63(43-39-35-31-27-23-19-15-11-7-3)68-54-66(61)78-74(58-86)80(68)92-48-50-94-82(70)76(60-88)84(72)96-52-51-95-83(71)75(59-87)81(69)93-49-47-91-79(67)73(57-85)77(65)89-45-46-90-78/h53-56,61-64H,5-52H2,1-4H3. The maximum absolute atomic E-state index is 11.9. The van der Waals surface area contributed by atoms with Crippen molar-refractivity contribution < 1.29 is 37.9 Å². The molecule has 0 saturated carbocycles. The molecule has 8 bridgehead atoms. The predicted octanol–water partition coefficient (Wildman–Crippen LogP) is 22.8. The van der Waals surface area contributed by atoms with Crippen LogP contribution in [0.4, 0.5) is 0 Å². The Labute approximate surface area is 578 Å². The summed E-state index contributed by atoms with van der Waals surface area (Å²) in [5.41, 5.74) is 8.29. The Balaban J connectivity index is 1.34. The van der Waals surface area contributed by atoms with Crippen LogP contribution in [0.15, 0.2) is 24.3 Å². The number of benzene rings is 4. The van der Waals surface area contributed by atoms with Crippen LogP contribution in [0.5, 0.6) is 46.0 Å². The van der Waals surface area contributed by atoms with E-state index in [2.05, 4.69) is 76.2 Å². The average Bonchev–Trinajstić information content (AvgIpc) is 1.14. The van der Waals surface area contributed by atoms with E-state index in [1.54, 1.807) is 0 Å². The summed E-state index contributed by atoms with van der Waals surface area (Å²) in [7, 11) is 0. The van der Waals surface area contributed by atoms with E-state index in [0.717, 1.165) is 122 Å². The molecule has 0 amide bonds. The summed E-state index contributed by atoms with van der Waals surface area (Å²) in [6, 6.07) is 20.0. The van der Waals surface area contributed by atoms with Gasteiger partial charge in [0.05, 0.1) is 0 Å². The molecule has 0 saturated heterocycles. The number of unbranched alkanes of at least 4 members (excludes halogenated alkanes) is 32. The van der Waals surface area contributed by atoms with Crippen LogP contribution in [0.25, 0.3) is 0 Å². The molecule has 96 heavy (non-hydrogen) atoms. The van der Waals surface area contributed by atoms with E-state index >= 15 is 0 Å². The van der Waals surface area contributed by atoms with Crippen molar-refractivity contribution in [1.29, 1.82) is 21.0 Å². The van der Waals surface area contributed by atoms with Crippen LogP contribution < -0.4 is 37.9 Å². The molecule has 0 aromatic heterocycles. The summed E-state index contributed by atoms with van der Waals surface area (Å²) in [6.45, 7) is 10.0. The molecular weight excluding hydrogens is 1190 g/mol. The Kier molecular flexibility index (Phi) is 30.8. The Morgan fingerprint density at radius 2 is 0.365 bits per heavy atom. The summed E-state index contributed by atoms with van der Waals surface area (Å²) < 4.78 is 56.1. The number of rotatable bonds is 40. The molecule has 0 atom stereocenters. The first-order valence-corrected chi connectivity index (χ1v) is 38.9. The molecular formula is C84H116N4O8. The topological polar surface area (TPSA) is 169 Å². The molecule has 0 radical (unpaired) electrons. The molecule has 1 aliphatic carbocycles. The summed E-state index contributed by atoms with van der Waals surface area (Å²) in [5.74, 6) is 2.23. The maximum atomic E-state index is 11.9. The number of ether oxygens (including phenoxy) is 8. The lowest BCUT2D eigenvalue weighted by Crippen LogP contribution is -2.16. The highest BCUT2D eigenvalue weighted by Crippen LogP contribution is 2.58. The highest BCUT2D eigenvalue weighted by molar-refractivity contribution is 5.73. The minimum Gasteiger partial charge on any atom is -0.488 e. The van der Waals surface area contributed by atoms with Gasteiger partial charge in [-0.2, -0.15) is 21.0 Å². The Morgan fingerprint density at radius 3 is 0.500 bits per heavy atom. The zero-order valence-corrected chi connectivity index (χ0v) is 59.6. The SMILES string of the molecule is CCCCCCCCCCCC1c2cc3c4c(C#N)c2OCCOc2c1cc1c(c2C#N)OCCOc2c(cc5c(c2C#N)OCCOc2c(cc(c(c2C#N)OCCO4)C3CCCCCCCCCCC)C5CCCCCCCCCCC)C1CCCCCCCCCCC. The van der Waals surface area contributed by atoms with Gasteiger partial charge < -0.3 is 37.9 Å². The van der Waals surface area contributed by atoms with Gasteiger partial charge in [0.1, 0.15) is 145 Å². The molecule has 520 valence electrons. The molecule has 0 N–H and O–H groups in total. The molecule has 4 aromatic carbocycles. The second kappa shape index (κ2) is 40.2. The quantitative estimate of drug-likeness (QED) is 0.0387. The number of nitrogens with zero attached hydrogens (tertiary/aromatic N) is 4. The Hall–Kier alpha value is -6.76. The second-order valence-corrected chi connectivity index (χ2v) is 28.3. The highest BCUT2D eigenvalue weighted by Gasteiger charge is 2.41. The fraction of sp³-hybridized carbons (Fsp3) is 0.667. The molecule has 5 aliphatic rings. The van der Waals surface area contributed by atoms with Crippen LogP contribution in [-0.2, 0) is 0 Å². The molecule has 4 heterocycles. The fourth-order valence-corrected chi connectivity index (χ4v) is 16.2. The summed E-state index contributed by atoms with van der Waals surface area (Å²) in [5, 5.41) is 47.7. The van der Waals surface area contributed by atoms with Gasteiger partial charge in [-0.15, -0.1) is 0 Å². The van der Waals surface area contributed by atoms with Crippen LogP contribution in [0.2, 0.25) is 0 Å². The minimum atomic E-state index is -0.411. The Bertz CT molecular complexity index is 2710. The van der Waals surface area contributed by atoms with Crippen LogP contribution in [0, 0.1) is 45.3 Å². The largest absolute Gasteiger partial charge is 0.488 e. The lowest BCUT2D eigenvalue weighted by Gasteiger charge is -2.32. The molecule has 4 aromatic rings. The van der Waals surface area contributed by atoms with Crippen LogP contribution in [0.1, 0.15) is 375 Å². The first-order chi connectivity index (χ1) is 47.5. The van der Waals surface area contributed by atoms with Crippen LogP contribution in [-0.4, -0.2) is 52.9 Å². The summed E-state index contributed by atoms with van der Waals surface area (Å²) in [4.78, 5) is 0. The fourth-order valence-electron chi connectivity index (χ4n) is 16.2. The van der Waals surface area contributed by atoms with E-state index < -0.39 is 23.7 Å². The van der Waals surface area contributed by atoms with E-state index in [4.69, 9.17) is 37.9 Å². The molecule has 9 rings (SSSR count). The first kappa shape index (κ1) is 73.5. The maximum Gasteiger partial charge on any atom is 0.144 e. The van der Waals surface area contributed by atoms with Gasteiger partial charge in [-0.3, -0.25) is 0 Å². The monoisotopic (exact) mass is 1310 g/mol. The van der Waals surface area contributed by atoms with E-state index in [0.29, 0.717) is 93.9 Å². The van der Waals surface area contributed by atoms with Crippen molar-refractivity contribution >= 4 is 0 Å². The van der Waals surface area contributed by atoms with E-state index in [-0.39, 0.29) is 52.9 Å². The van der Waals surface area contributed by atoms with Gasteiger partial charge in [-0.05, 0) is 49.9 Å². The van der Waals surface area contributed by atoms with Gasteiger partial charge in [-0.1, -0.05) is 259 Å². The van der Waals surface area contributed by atoms with Gasteiger partial charge in [0.2, 0.25) is 0 Å². The molecule has 4 aliphatic heterocycles. The van der Waals surface area contributed by atoms with Gasteiger partial charge in [0.25, 0.3) is 0 Å². The van der Waals surface area contributed by atoms with Crippen LogP contribution >= 0.6 is 0 Å². The third-order valence-corrected chi connectivity index (χ3v) is 21.3. The summed E-state index contributed by atoms with van der Waals surface area (Å²) >= 11 is 0. The third-order valence-electron chi connectivity index (χ3n) is 21.3. The van der Waals surface area contributed by atoms with Gasteiger partial charge in [-0.25, -0.2) is 0 Å². The van der Waals surface area contributed by atoms with E-state index in [9.17, 15) is 21.0 Å². The second-order valence-electron chi connectivity index (χ2n) is 28.3. The van der Waals surface area contributed by atoms with Crippen molar-refractivity contribution in [3.63, 3.8) is 0 Å². The summed E-state index contributed by atoms with van der Waals surface area (Å²) in [6.07, 6.45) is 44.4. The zero-order chi connectivity index (χ0) is 67.1. The van der Waals surface area contributed by atoms with Crippen molar-refractivity contribution in [3.05, 3.63) is 91.0 Å². The smallest absolute Gasteiger partial charge is 0.144 e. The first-order valence-electron chi connectivity index (χ1n) is 38.9. The zero-order valence-electron chi connectivity index (χ0n) is 59.6. The molecule has 12 nitrogen and oxygen atoms in total. The molecule has 0 unspecified atom stereocenters. The lowest BCUT2D eigenvalue weighted by molar-refractivity contribution is 0.202. The number of hydrogen-bond acceptors (Lipinski definition) is 12. The Morgan fingerprint density at radius 1 is 0.229 bits per heavy atom. The molecule has 0 fully saturated rings. The van der Waals surface area contributed by atoms with Gasteiger partial charge in [0.15, 0.2) is 0 Å². The van der Waals surface area contributed by atoms with Crippen molar-refractivity contribution in [1.82, 2.24) is 0 Å². The third kappa shape index (κ3) is 18.9. The van der Waals surface area contributed by atoms with Crippen molar-refractivity contribution in [2.75, 3.05) is 52.9 Å². The lowest BCUT2D eigenvalue weighted by atomic mass is 9.74. The molecule has 0 spiro atoms. The number of hydrogen-bond donors (Lipinski definition) is 0.